The molecule has 1 aromatic rings. The van der Waals surface area contributed by atoms with E-state index >= 15 is 0 Å². The van der Waals surface area contributed by atoms with Gasteiger partial charge in [-0.2, -0.15) is 4.31 Å². The molecule has 0 aliphatic carbocycles. The second kappa shape index (κ2) is 6.87. The van der Waals surface area contributed by atoms with E-state index in [9.17, 15) is 16.8 Å². The van der Waals surface area contributed by atoms with Crippen LogP contribution in [0, 0.1) is 6.92 Å². The van der Waals surface area contributed by atoms with E-state index in [2.05, 4.69) is 4.72 Å². The standard InChI is InChI=1S/C13H22N2O4S2/c1-11(2)15(20(4,16)17)9-8-14-21(18,19)13-7-5-6-12(3)10-13/h5-7,10-11,14H,8-9H2,1-4H3. The lowest BCUT2D eigenvalue weighted by atomic mass is 10.2. The molecule has 1 N–H and O–H groups in total. The van der Waals surface area contributed by atoms with Gasteiger partial charge in [0, 0.05) is 19.1 Å². The lowest BCUT2D eigenvalue weighted by Gasteiger charge is -2.23. The van der Waals surface area contributed by atoms with Crippen LogP contribution < -0.4 is 4.72 Å². The summed E-state index contributed by atoms with van der Waals surface area (Å²) in [6.45, 7) is 5.43. The summed E-state index contributed by atoms with van der Waals surface area (Å²) in [6.07, 6.45) is 1.11. The molecule has 0 fully saturated rings. The Bertz CT molecular complexity index is 682. The predicted octanol–water partition coefficient (Wildman–Crippen LogP) is 0.943. The van der Waals surface area contributed by atoms with Crippen LogP contribution in [0.5, 0.6) is 0 Å². The lowest BCUT2D eigenvalue weighted by molar-refractivity contribution is 0.360. The van der Waals surface area contributed by atoms with Crippen molar-refractivity contribution < 1.29 is 16.8 Å². The monoisotopic (exact) mass is 334 g/mol. The molecule has 0 saturated heterocycles. The third kappa shape index (κ3) is 5.39. The first-order valence-corrected chi connectivity index (χ1v) is 9.90. The molecule has 0 aliphatic heterocycles. The van der Waals surface area contributed by atoms with Crippen molar-refractivity contribution in [3.05, 3.63) is 29.8 Å². The van der Waals surface area contributed by atoms with Crippen molar-refractivity contribution in [2.24, 2.45) is 0 Å². The summed E-state index contributed by atoms with van der Waals surface area (Å²) in [5.41, 5.74) is 0.845. The van der Waals surface area contributed by atoms with Gasteiger partial charge in [0.1, 0.15) is 0 Å². The quantitative estimate of drug-likeness (QED) is 0.804. The fraction of sp³-hybridized carbons (Fsp3) is 0.538. The van der Waals surface area contributed by atoms with E-state index < -0.39 is 20.0 Å². The van der Waals surface area contributed by atoms with E-state index in [-0.39, 0.29) is 24.0 Å². The van der Waals surface area contributed by atoms with Gasteiger partial charge >= 0.3 is 0 Å². The van der Waals surface area contributed by atoms with Crippen LogP contribution in [0.2, 0.25) is 0 Å². The number of hydrogen-bond donors (Lipinski definition) is 1. The number of nitrogens with one attached hydrogen (secondary N) is 1. The van der Waals surface area contributed by atoms with Crippen LogP contribution in [0.1, 0.15) is 19.4 Å². The summed E-state index contributed by atoms with van der Waals surface area (Å²) in [5, 5.41) is 0. The number of hydrogen-bond acceptors (Lipinski definition) is 4. The van der Waals surface area contributed by atoms with E-state index in [1.54, 1.807) is 26.0 Å². The Hall–Kier alpha value is -0.960. The first-order valence-electron chi connectivity index (χ1n) is 6.57. The van der Waals surface area contributed by atoms with Crippen molar-refractivity contribution in [3.8, 4) is 0 Å². The minimum absolute atomic E-state index is 0.0293. The van der Waals surface area contributed by atoms with Gasteiger partial charge in [0.05, 0.1) is 11.2 Å². The molecule has 0 amide bonds. The summed E-state index contributed by atoms with van der Waals surface area (Å²) in [5.74, 6) is 0. The first kappa shape index (κ1) is 18.1. The molecule has 0 heterocycles. The Balaban J connectivity index is 2.75. The average Bonchev–Trinajstić information content (AvgIpc) is 2.32. The highest BCUT2D eigenvalue weighted by Crippen LogP contribution is 2.10. The Morgan fingerprint density at radius 1 is 1.19 bits per heavy atom. The summed E-state index contributed by atoms with van der Waals surface area (Å²) in [4.78, 5) is 0.179. The van der Waals surface area contributed by atoms with E-state index in [4.69, 9.17) is 0 Å². The third-order valence-corrected chi connectivity index (χ3v) is 5.84. The van der Waals surface area contributed by atoms with Gasteiger partial charge < -0.3 is 0 Å². The van der Waals surface area contributed by atoms with Crippen molar-refractivity contribution in [1.29, 1.82) is 0 Å². The van der Waals surface area contributed by atoms with E-state index in [1.165, 1.54) is 10.4 Å². The third-order valence-electron chi connectivity index (χ3n) is 2.93. The van der Waals surface area contributed by atoms with E-state index in [0.717, 1.165) is 11.8 Å². The van der Waals surface area contributed by atoms with Gasteiger partial charge in [0.15, 0.2) is 0 Å². The zero-order valence-electron chi connectivity index (χ0n) is 12.7. The van der Waals surface area contributed by atoms with Gasteiger partial charge in [0.2, 0.25) is 20.0 Å². The van der Waals surface area contributed by atoms with Gasteiger partial charge in [-0.1, -0.05) is 12.1 Å². The Morgan fingerprint density at radius 3 is 2.29 bits per heavy atom. The number of rotatable bonds is 7. The summed E-state index contributed by atoms with van der Waals surface area (Å²) < 4.78 is 51.1. The zero-order chi connectivity index (χ0) is 16.3. The Morgan fingerprint density at radius 2 is 1.81 bits per heavy atom. The molecule has 120 valence electrons. The molecule has 1 rings (SSSR count). The minimum Gasteiger partial charge on any atom is -0.212 e. The van der Waals surface area contributed by atoms with Gasteiger partial charge in [-0.05, 0) is 38.5 Å². The highest BCUT2D eigenvalue weighted by Gasteiger charge is 2.21. The summed E-state index contributed by atoms with van der Waals surface area (Å²) in [6, 6.07) is 6.33. The van der Waals surface area contributed by atoms with Crippen LogP contribution in [0.3, 0.4) is 0 Å². The topological polar surface area (TPSA) is 83.6 Å². The van der Waals surface area contributed by atoms with Crippen LogP contribution in [-0.4, -0.2) is 46.5 Å². The zero-order valence-corrected chi connectivity index (χ0v) is 14.3. The number of nitrogens with zero attached hydrogens (tertiary/aromatic N) is 1. The maximum atomic E-state index is 12.1. The molecule has 0 aliphatic rings. The smallest absolute Gasteiger partial charge is 0.212 e. The van der Waals surface area contributed by atoms with Crippen LogP contribution in [0.4, 0.5) is 0 Å². The van der Waals surface area contributed by atoms with Crippen LogP contribution >= 0.6 is 0 Å². The summed E-state index contributed by atoms with van der Waals surface area (Å²) >= 11 is 0. The fourth-order valence-corrected chi connectivity index (χ4v) is 4.28. The highest BCUT2D eigenvalue weighted by molar-refractivity contribution is 7.89. The molecule has 6 nitrogen and oxygen atoms in total. The van der Waals surface area contributed by atoms with Gasteiger partial charge in [0.25, 0.3) is 0 Å². The molecule has 0 unspecified atom stereocenters. The van der Waals surface area contributed by atoms with E-state index in [0.29, 0.717) is 0 Å². The van der Waals surface area contributed by atoms with Crippen molar-refractivity contribution in [2.75, 3.05) is 19.3 Å². The van der Waals surface area contributed by atoms with Crippen molar-refractivity contribution >= 4 is 20.0 Å². The van der Waals surface area contributed by atoms with Crippen LogP contribution in [0.25, 0.3) is 0 Å². The Kier molecular flexibility index (Phi) is 5.92. The maximum Gasteiger partial charge on any atom is 0.240 e. The fourth-order valence-electron chi connectivity index (χ4n) is 1.96. The molecule has 8 heteroatoms. The van der Waals surface area contributed by atoms with Gasteiger partial charge in [-0.3, -0.25) is 0 Å². The molecule has 21 heavy (non-hydrogen) atoms. The lowest BCUT2D eigenvalue weighted by Crippen LogP contribution is -2.41. The first-order chi connectivity index (χ1) is 9.54. The number of benzene rings is 1. The van der Waals surface area contributed by atoms with Crippen molar-refractivity contribution in [1.82, 2.24) is 9.03 Å². The molecule has 0 spiro atoms. The molecule has 0 aromatic heterocycles. The second-order valence-corrected chi connectivity index (χ2v) is 8.88. The second-order valence-electron chi connectivity index (χ2n) is 5.18. The predicted molar refractivity (Wildman–Crippen MR) is 83.1 cm³/mol. The molecule has 0 bridgehead atoms. The minimum atomic E-state index is -3.62. The number of sulfonamides is 2. The van der Waals surface area contributed by atoms with Gasteiger partial charge in [-0.15, -0.1) is 0 Å². The molecule has 1 aromatic carbocycles. The molecule has 0 saturated carbocycles. The Labute approximate surface area is 127 Å². The van der Waals surface area contributed by atoms with E-state index in [1.807, 2.05) is 13.0 Å². The van der Waals surface area contributed by atoms with Crippen molar-refractivity contribution in [2.45, 2.75) is 31.7 Å². The molecule has 0 radical (unpaired) electrons. The molecule has 0 atom stereocenters. The largest absolute Gasteiger partial charge is 0.240 e. The maximum absolute atomic E-state index is 12.1. The molecular weight excluding hydrogens is 312 g/mol. The van der Waals surface area contributed by atoms with Crippen LogP contribution in [0.15, 0.2) is 29.2 Å². The van der Waals surface area contributed by atoms with Gasteiger partial charge in [-0.25, -0.2) is 21.6 Å². The summed E-state index contributed by atoms with van der Waals surface area (Å²) in [7, 11) is -6.98. The van der Waals surface area contributed by atoms with Crippen molar-refractivity contribution in [3.63, 3.8) is 0 Å². The number of aryl methyl sites for hydroxylation is 1. The normalized spacial score (nSPS) is 13.0. The highest BCUT2D eigenvalue weighted by atomic mass is 32.2. The average molecular weight is 334 g/mol. The molecular formula is C13H22N2O4S2. The van der Waals surface area contributed by atoms with Crippen LogP contribution in [-0.2, 0) is 20.0 Å². The SMILES string of the molecule is Cc1cccc(S(=O)(=O)NCCN(C(C)C)S(C)(=O)=O)c1.